The quantitative estimate of drug-likeness (QED) is 0.655. The monoisotopic (exact) mass is 236 g/mol. The minimum Gasteiger partial charge on any atom is -0.300 e. The van der Waals surface area contributed by atoms with Crippen molar-refractivity contribution in [2.75, 3.05) is 13.1 Å². The van der Waals surface area contributed by atoms with Gasteiger partial charge in [-0.05, 0) is 58.5 Å². The fourth-order valence-electron chi connectivity index (χ4n) is 2.82. The van der Waals surface area contributed by atoms with Crippen LogP contribution in [0.5, 0.6) is 0 Å². The van der Waals surface area contributed by atoms with Crippen molar-refractivity contribution in [2.45, 2.75) is 65.8 Å². The van der Waals surface area contributed by atoms with E-state index in [2.05, 4.69) is 24.8 Å². The Balaban J connectivity index is 2.21. The van der Waals surface area contributed by atoms with E-state index in [1.807, 2.05) is 13.8 Å². The molecule has 0 aromatic heterocycles. The number of rotatable bonds is 6. The van der Waals surface area contributed by atoms with Crippen molar-refractivity contribution in [3.63, 3.8) is 0 Å². The zero-order valence-electron chi connectivity index (χ0n) is 12.0. The van der Waals surface area contributed by atoms with Crippen LogP contribution in [0.2, 0.25) is 0 Å². The van der Waals surface area contributed by atoms with Gasteiger partial charge in [-0.1, -0.05) is 20.3 Å². The lowest BCUT2D eigenvalue weighted by molar-refractivity contribution is 0.200. The molecule has 0 aromatic carbocycles. The van der Waals surface area contributed by atoms with Crippen molar-refractivity contribution in [2.24, 2.45) is 11.3 Å². The molecule has 0 aliphatic carbocycles. The standard InChI is InChI=1S/C15H28N2/c1-13(2)14-8-7-11-17(14)10-6-5-9-15(3,4)12-16/h13-14H,5-11H2,1-4H3. The number of likely N-dealkylation sites (tertiary alicyclic amines) is 1. The average Bonchev–Trinajstić information content (AvgIpc) is 2.73. The first-order chi connectivity index (χ1) is 7.96. The van der Waals surface area contributed by atoms with E-state index in [0.29, 0.717) is 0 Å². The smallest absolute Gasteiger partial charge is 0.0683 e. The second-order valence-corrected chi connectivity index (χ2v) is 6.44. The molecule has 1 fully saturated rings. The molecule has 0 N–H and O–H groups in total. The summed E-state index contributed by atoms with van der Waals surface area (Å²) < 4.78 is 0. The normalized spacial score (nSPS) is 22.0. The summed E-state index contributed by atoms with van der Waals surface area (Å²) >= 11 is 0. The average molecular weight is 236 g/mol. The zero-order chi connectivity index (χ0) is 12.9. The van der Waals surface area contributed by atoms with Crippen LogP contribution in [0.25, 0.3) is 0 Å². The maximum absolute atomic E-state index is 8.96. The lowest BCUT2D eigenvalue weighted by Crippen LogP contribution is -2.34. The topological polar surface area (TPSA) is 27.0 Å². The largest absolute Gasteiger partial charge is 0.300 e. The Bertz CT molecular complexity index is 263. The third kappa shape index (κ3) is 4.68. The molecule has 1 rings (SSSR count). The maximum atomic E-state index is 8.96. The molecule has 0 saturated carbocycles. The van der Waals surface area contributed by atoms with Crippen molar-refractivity contribution < 1.29 is 0 Å². The molecule has 0 bridgehead atoms. The summed E-state index contributed by atoms with van der Waals surface area (Å²) in [5.41, 5.74) is -0.136. The van der Waals surface area contributed by atoms with Gasteiger partial charge in [0, 0.05) is 6.04 Å². The van der Waals surface area contributed by atoms with Gasteiger partial charge in [-0.2, -0.15) is 5.26 Å². The van der Waals surface area contributed by atoms with Crippen LogP contribution < -0.4 is 0 Å². The van der Waals surface area contributed by atoms with Gasteiger partial charge in [0.05, 0.1) is 11.5 Å². The molecule has 1 unspecified atom stereocenters. The highest BCUT2D eigenvalue weighted by molar-refractivity contribution is 4.91. The first-order valence-electron chi connectivity index (χ1n) is 7.11. The number of unbranched alkanes of at least 4 members (excludes halogenated alkanes) is 1. The number of hydrogen-bond donors (Lipinski definition) is 0. The van der Waals surface area contributed by atoms with Gasteiger partial charge >= 0.3 is 0 Å². The van der Waals surface area contributed by atoms with Crippen molar-refractivity contribution in [3.05, 3.63) is 0 Å². The van der Waals surface area contributed by atoms with E-state index < -0.39 is 0 Å². The minimum atomic E-state index is -0.136. The Hall–Kier alpha value is -0.550. The van der Waals surface area contributed by atoms with E-state index in [1.54, 1.807) is 0 Å². The highest BCUT2D eigenvalue weighted by Crippen LogP contribution is 2.25. The van der Waals surface area contributed by atoms with E-state index in [1.165, 1.54) is 38.8 Å². The first-order valence-corrected chi connectivity index (χ1v) is 7.11. The molecule has 2 heteroatoms. The summed E-state index contributed by atoms with van der Waals surface area (Å²) in [6.07, 6.45) is 6.20. The van der Waals surface area contributed by atoms with Crippen LogP contribution in [-0.4, -0.2) is 24.0 Å². The number of nitriles is 1. The van der Waals surface area contributed by atoms with Crippen molar-refractivity contribution in [3.8, 4) is 6.07 Å². The molecular formula is C15H28N2. The fourth-order valence-corrected chi connectivity index (χ4v) is 2.82. The van der Waals surface area contributed by atoms with Crippen LogP contribution in [0.1, 0.15) is 59.8 Å². The number of hydrogen-bond acceptors (Lipinski definition) is 2. The molecule has 1 atom stereocenters. The Morgan fingerprint density at radius 3 is 2.65 bits per heavy atom. The summed E-state index contributed by atoms with van der Waals surface area (Å²) in [5.74, 6) is 0.785. The first kappa shape index (κ1) is 14.5. The van der Waals surface area contributed by atoms with Crippen LogP contribution in [-0.2, 0) is 0 Å². The van der Waals surface area contributed by atoms with E-state index in [0.717, 1.165) is 18.4 Å². The molecular weight excluding hydrogens is 208 g/mol. The Morgan fingerprint density at radius 2 is 2.06 bits per heavy atom. The predicted octanol–water partition coefficient (Wildman–Crippen LogP) is 3.83. The van der Waals surface area contributed by atoms with Gasteiger partial charge in [0.25, 0.3) is 0 Å². The third-order valence-corrected chi connectivity index (χ3v) is 3.98. The molecule has 17 heavy (non-hydrogen) atoms. The number of nitrogens with zero attached hydrogens (tertiary/aromatic N) is 2. The molecule has 0 aromatic rings. The van der Waals surface area contributed by atoms with E-state index >= 15 is 0 Å². The zero-order valence-corrected chi connectivity index (χ0v) is 12.0. The van der Waals surface area contributed by atoms with Crippen molar-refractivity contribution in [1.29, 1.82) is 5.26 Å². The molecule has 1 saturated heterocycles. The molecule has 98 valence electrons. The van der Waals surface area contributed by atoms with E-state index in [-0.39, 0.29) is 5.41 Å². The lowest BCUT2D eigenvalue weighted by atomic mass is 9.89. The minimum absolute atomic E-state index is 0.136. The van der Waals surface area contributed by atoms with Crippen LogP contribution in [0.3, 0.4) is 0 Å². The molecule has 1 aliphatic heterocycles. The Labute approximate surface area is 107 Å². The molecule has 2 nitrogen and oxygen atoms in total. The molecule has 1 aliphatic rings. The van der Waals surface area contributed by atoms with Crippen molar-refractivity contribution in [1.82, 2.24) is 4.90 Å². The van der Waals surface area contributed by atoms with Crippen LogP contribution in [0, 0.1) is 22.7 Å². The fraction of sp³-hybridized carbons (Fsp3) is 0.933. The third-order valence-electron chi connectivity index (χ3n) is 3.98. The summed E-state index contributed by atoms with van der Waals surface area (Å²) in [6.45, 7) is 11.3. The maximum Gasteiger partial charge on any atom is 0.0683 e. The van der Waals surface area contributed by atoms with Gasteiger partial charge in [0.15, 0.2) is 0 Å². The molecule has 1 heterocycles. The molecule has 0 radical (unpaired) electrons. The second kappa shape index (κ2) is 6.40. The van der Waals surface area contributed by atoms with Crippen LogP contribution in [0.15, 0.2) is 0 Å². The SMILES string of the molecule is CC(C)C1CCCN1CCCCC(C)(C)C#N. The predicted molar refractivity (Wildman–Crippen MR) is 72.7 cm³/mol. The lowest BCUT2D eigenvalue weighted by Gasteiger charge is -2.27. The summed E-state index contributed by atoms with van der Waals surface area (Å²) in [7, 11) is 0. The van der Waals surface area contributed by atoms with Gasteiger partial charge < -0.3 is 4.90 Å². The van der Waals surface area contributed by atoms with Gasteiger partial charge in [-0.15, -0.1) is 0 Å². The highest BCUT2D eigenvalue weighted by atomic mass is 15.2. The van der Waals surface area contributed by atoms with E-state index in [4.69, 9.17) is 5.26 Å². The summed E-state index contributed by atoms with van der Waals surface area (Å²) in [5, 5.41) is 8.96. The van der Waals surface area contributed by atoms with Gasteiger partial charge in [0.2, 0.25) is 0 Å². The van der Waals surface area contributed by atoms with Gasteiger partial charge in [-0.3, -0.25) is 0 Å². The highest BCUT2D eigenvalue weighted by Gasteiger charge is 2.26. The van der Waals surface area contributed by atoms with Crippen LogP contribution in [0.4, 0.5) is 0 Å². The second-order valence-electron chi connectivity index (χ2n) is 6.44. The Kier molecular flexibility index (Phi) is 5.46. The van der Waals surface area contributed by atoms with E-state index in [9.17, 15) is 0 Å². The Morgan fingerprint density at radius 1 is 1.35 bits per heavy atom. The van der Waals surface area contributed by atoms with Gasteiger partial charge in [0.1, 0.15) is 0 Å². The summed E-state index contributed by atoms with van der Waals surface area (Å²) in [4.78, 5) is 2.66. The molecule has 0 amide bonds. The molecule has 0 spiro atoms. The van der Waals surface area contributed by atoms with Gasteiger partial charge in [-0.25, -0.2) is 0 Å². The van der Waals surface area contributed by atoms with Crippen LogP contribution >= 0.6 is 0 Å². The van der Waals surface area contributed by atoms with Crippen molar-refractivity contribution >= 4 is 0 Å². The summed E-state index contributed by atoms with van der Waals surface area (Å²) in [6, 6.07) is 3.19.